The molecule has 0 aliphatic heterocycles. The molecule has 2 aromatic rings. The maximum Gasteiger partial charge on any atom is 0.339 e. The molecule has 0 atom stereocenters. The smallest absolute Gasteiger partial charge is 0.339 e. The third kappa shape index (κ3) is 3.50. The van der Waals surface area contributed by atoms with Crippen molar-refractivity contribution >= 4 is 22.8 Å². The highest BCUT2D eigenvalue weighted by molar-refractivity contribution is 5.86. The van der Waals surface area contributed by atoms with Crippen LogP contribution in [0.3, 0.4) is 0 Å². The van der Waals surface area contributed by atoms with E-state index >= 15 is 0 Å². The van der Waals surface area contributed by atoms with Crippen LogP contribution in [0.2, 0.25) is 0 Å². The summed E-state index contributed by atoms with van der Waals surface area (Å²) in [5.41, 5.74) is 2.01. The van der Waals surface area contributed by atoms with Crippen molar-refractivity contribution in [3.8, 4) is 5.75 Å². The van der Waals surface area contributed by atoms with Crippen LogP contribution in [0.4, 0.5) is 0 Å². The van der Waals surface area contributed by atoms with Crippen molar-refractivity contribution in [3.63, 3.8) is 0 Å². The molecule has 0 radical (unpaired) electrons. The number of carbonyl (C=O) groups excluding carboxylic acids is 1. The fourth-order valence-corrected chi connectivity index (χ4v) is 2.15. The molecule has 7 nitrogen and oxygen atoms in total. The van der Waals surface area contributed by atoms with E-state index in [-0.39, 0.29) is 6.61 Å². The molecule has 0 saturated carbocycles. The average Bonchev–Trinajstić information content (AvgIpc) is 2.50. The number of carbonyl (C=O) groups is 2. The Hall–Kier alpha value is -2.83. The van der Waals surface area contributed by atoms with Crippen molar-refractivity contribution in [2.75, 3.05) is 13.2 Å². The topological polar surface area (TPSA) is 106 Å². The van der Waals surface area contributed by atoms with Gasteiger partial charge in [-0.25, -0.2) is 4.79 Å². The van der Waals surface area contributed by atoms with E-state index in [1.54, 1.807) is 26.0 Å². The van der Waals surface area contributed by atoms with Crippen LogP contribution in [0.25, 0.3) is 11.0 Å². The van der Waals surface area contributed by atoms with Gasteiger partial charge in [0.25, 0.3) is 5.91 Å². The van der Waals surface area contributed by atoms with E-state index < -0.39 is 24.0 Å². The van der Waals surface area contributed by atoms with Crippen LogP contribution in [0.1, 0.15) is 16.7 Å². The lowest BCUT2D eigenvalue weighted by molar-refractivity contribution is -0.138. The van der Waals surface area contributed by atoms with Gasteiger partial charge in [-0.05, 0) is 38.5 Å². The molecule has 23 heavy (non-hydrogen) atoms. The minimum atomic E-state index is -1.13. The first-order valence-electron chi connectivity index (χ1n) is 6.96. The lowest BCUT2D eigenvalue weighted by Crippen LogP contribution is -2.33. The molecule has 1 aromatic heterocycles. The summed E-state index contributed by atoms with van der Waals surface area (Å²) in [7, 11) is 0. The number of carboxylic acid groups (broad SMARTS) is 1. The van der Waals surface area contributed by atoms with Gasteiger partial charge in [0, 0.05) is 16.5 Å². The number of hydrogen-bond acceptors (Lipinski definition) is 5. The Bertz CT molecular complexity index is 837. The summed E-state index contributed by atoms with van der Waals surface area (Å²) < 4.78 is 10.7. The Labute approximate surface area is 131 Å². The predicted molar refractivity (Wildman–Crippen MR) is 82.8 cm³/mol. The number of nitrogens with one attached hydrogen (secondary N) is 1. The molecular formula is C16H17NO6. The van der Waals surface area contributed by atoms with Crippen LogP contribution in [-0.2, 0) is 9.59 Å². The van der Waals surface area contributed by atoms with E-state index in [1.165, 1.54) is 0 Å². The highest BCUT2D eigenvalue weighted by Crippen LogP contribution is 2.29. The average molecular weight is 319 g/mol. The molecule has 122 valence electrons. The summed E-state index contributed by atoms with van der Waals surface area (Å²) in [6, 6.07) is 3.45. The van der Waals surface area contributed by atoms with Crippen LogP contribution in [0.5, 0.6) is 5.75 Å². The number of carboxylic acids is 1. The molecule has 0 aliphatic carbocycles. The highest BCUT2D eigenvalue weighted by Gasteiger charge is 2.13. The summed E-state index contributed by atoms with van der Waals surface area (Å²) >= 11 is 0. The molecule has 7 heteroatoms. The van der Waals surface area contributed by atoms with Crippen molar-refractivity contribution in [1.82, 2.24) is 5.32 Å². The Balaban J connectivity index is 2.25. The number of ether oxygens (including phenoxy) is 1. The van der Waals surface area contributed by atoms with E-state index in [9.17, 15) is 14.4 Å². The van der Waals surface area contributed by atoms with Crippen molar-refractivity contribution in [1.29, 1.82) is 0 Å². The standard InChI is InChI=1S/C16H17NO6/c1-8-9(2)16(21)23-15-10(3)12(5-4-11(8)15)22-7-13(18)17-6-14(19)20/h4-5H,6-7H2,1-3H3,(H,17,18)(H,19,20). The van der Waals surface area contributed by atoms with Gasteiger partial charge in [0.15, 0.2) is 6.61 Å². The maximum atomic E-state index is 11.8. The van der Waals surface area contributed by atoms with Crippen molar-refractivity contribution in [2.45, 2.75) is 20.8 Å². The van der Waals surface area contributed by atoms with E-state index in [0.717, 1.165) is 10.9 Å². The molecule has 2 rings (SSSR count). The number of benzene rings is 1. The SMILES string of the molecule is Cc1c(C)c2ccc(OCC(=O)NCC(=O)O)c(C)c2oc1=O. The van der Waals surface area contributed by atoms with Gasteiger partial charge in [0.1, 0.15) is 17.9 Å². The van der Waals surface area contributed by atoms with Gasteiger partial charge in [0.2, 0.25) is 0 Å². The minimum Gasteiger partial charge on any atom is -0.483 e. The fraction of sp³-hybridized carbons (Fsp3) is 0.312. The molecule has 1 aromatic carbocycles. The van der Waals surface area contributed by atoms with E-state index in [1.807, 2.05) is 6.92 Å². The monoisotopic (exact) mass is 319 g/mol. The zero-order valence-electron chi connectivity index (χ0n) is 13.1. The summed E-state index contributed by atoms with van der Waals surface area (Å²) in [5.74, 6) is -1.28. The van der Waals surface area contributed by atoms with Crippen LogP contribution in [0.15, 0.2) is 21.3 Å². The zero-order chi connectivity index (χ0) is 17.1. The lowest BCUT2D eigenvalue weighted by Gasteiger charge is -2.12. The van der Waals surface area contributed by atoms with Gasteiger partial charge in [-0.1, -0.05) is 0 Å². The first-order chi connectivity index (χ1) is 10.8. The third-order valence-electron chi connectivity index (χ3n) is 3.62. The highest BCUT2D eigenvalue weighted by atomic mass is 16.5. The molecule has 2 N–H and O–H groups in total. The largest absolute Gasteiger partial charge is 0.483 e. The van der Waals surface area contributed by atoms with Crippen LogP contribution in [-0.4, -0.2) is 30.1 Å². The van der Waals surface area contributed by atoms with Gasteiger partial charge >= 0.3 is 11.6 Å². The zero-order valence-corrected chi connectivity index (χ0v) is 13.1. The van der Waals surface area contributed by atoms with Crippen LogP contribution in [0, 0.1) is 20.8 Å². The first kappa shape index (κ1) is 16.5. The van der Waals surface area contributed by atoms with Gasteiger partial charge in [-0.2, -0.15) is 0 Å². The second kappa shape index (κ2) is 6.51. The summed E-state index contributed by atoms with van der Waals surface area (Å²) in [6.07, 6.45) is 0. The quantitative estimate of drug-likeness (QED) is 0.805. The number of rotatable bonds is 5. The minimum absolute atomic E-state index is 0.325. The van der Waals surface area contributed by atoms with Crippen molar-refractivity contribution in [2.24, 2.45) is 0 Å². The Morgan fingerprint density at radius 2 is 1.87 bits per heavy atom. The predicted octanol–water partition coefficient (Wildman–Crippen LogP) is 1.30. The second-order valence-electron chi connectivity index (χ2n) is 5.16. The molecular weight excluding hydrogens is 302 g/mol. The Morgan fingerprint density at radius 1 is 1.17 bits per heavy atom. The third-order valence-corrected chi connectivity index (χ3v) is 3.62. The Kier molecular flexibility index (Phi) is 4.68. The van der Waals surface area contributed by atoms with E-state index in [2.05, 4.69) is 5.32 Å². The lowest BCUT2D eigenvalue weighted by atomic mass is 10.0. The number of fused-ring (bicyclic) bond motifs is 1. The van der Waals surface area contributed by atoms with Crippen LogP contribution >= 0.6 is 0 Å². The normalized spacial score (nSPS) is 10.6. The number of amides is 1. The molecule has 0 saturated heterocycles. The molecule has 0 unspecified atom stereocenters. The second-order valence-corrected chi connectivity index (χ2v) is 5.16. The number of aliphatic carboxylic acids is 1. The first-order valence-corrected chi connectivity index (χ1v) is 6.96. The number of aryl methyl sites for hydroxylation is 2. The van der Waals surface area contributed by atoms with Gasteiger partial charge in [-0.3, -0.25) is 9.59 Å². The molecule has 0 aliphatic rings. The Morgan fingerprint density at radius 3 is 2.52 bits per heavy atom. The summed E-state index contributed by atoms with van der Waals surface area (Å²) in [5, 5.41) is 11.5. The van der Waals surface area contributed by atoms with Gasteiger partial charge in [0.05, 0.1) is 0 Å². The summed E-state index contributed by atoms with van der Waals surface area (Å²) in [6.45, 7) is 4.48. The number of hydrogen-bond donors (Lipinski definition) is 2. The van der Waals surface area contributed by atoms with Crippen molar-refractivity contribution < 1.29 is 23.8 Å². The fourth-order valence-electron chi connectivity index (χ4n) is 2.15. The van der Waals surface area contributed by atoms with Gasteiger partial charge in [-0.15, -0.1) is 0 Å². The van der Waals surface area contributed by atoms with Crippen LogP contribution < -0.4 is 15.7 Å². The van der Waals surface area contributed by atoms with E-state index in [4.69, 9.17) is 14.3 Å². The molecule has 0 bridgehead atoms. The molecule has 1 amide bonds. The van der Waals surface area contributed by atoms with E-state index in [0.29, 0.717) is 22.5 Å². The molecule has 0 fully saturated rings. The maximum absolute atomic E-state index is 11.8. The van der Waals surface area contributed by atoms with Crippen molar-refractivity contribution in [3.05, 3.63) is 39.2 Å². The molecule has 0 spiro atoms. The van der Waals surface area contributed by atoms with Gasteiger partial charge < -0.3 is 19.6 Å². The molecule has 1 heterocycles. The summed E-state index contributed by atoms with van der Waals surface area (Å²) in [4.78, 5) is 33.7.